The van der Waals surface area contributed by atoms with E-state index < -0.39 is 10.0 Å². The van der Waals surface area contributed by atoms with Crippen molar-refractivity contribution in [2.75, 3.05) is 27.7 Å². The molecule has 7 nitrogen and oxygen atoms in total. The summed E-state index contributed by atoms with van der Waals surface area (Å²) in [6, 6.07) is 2.32. The van der Waals surface area contributed by atoms with Gasteiger partial charge in [-0.05, 0) is 6.07 Å². The van der Waals surface area contributed by atoms with Gasteiger partial charge in [0.25, 0.3) is 0 Å². The van der Waals surface area contributed by atoms with Crippen molar-refractivity contribution >= 4 is 15.9 Å². The third-order valence-corrected chi connectivity index (χ3v) is 4.12. The molecule has 1 aromatic heterocycles. The largest absolute Gasteiger partial charge is 0.348 e. The monoisotopic (exact) mass is 273 g/mol. The number of amides is 1. The lowest BCUT2D eigenvalue weighted by Crippen LogP contribution is -2.37. The molecule has 0 aliphatic rings. The second-order valence-corrected chi connectivity index (χ2v) is 5.98. The summed E-state index contributed by atoms with van der Waals surface area (Å²) < 4.78 is 25.0. The van der Waals surface area contributed by atoms with Crippen LogP contribution in [0.25, 0.3) is 0 Å². The Morgan fingerprint density at radius 2 is 1.89 bits per heavy atom. The zero-order valence-corrected chi connectivity index (χ0v) is 11.2. The molecule has 0 fully saturated rings. The van der Waals surface area contributed by atoms with Crippen molar-refractivity contribution in [3.63, 3.8) is 0 Å². The lowest BCUT2D eigenvalue weighted by molar-refractivity contribution is -0.128. The van der Waals surface area contributed by atoms with E-state index in [9.17, 15) is 18.0 Å². The summed E-state index contributed by atoms with van der Waals surface area (Å²) in [6.07, 6.45) is 1.11. The molecule has 8 heteroatoms. The van der Waals surface area contributed by atoms with Gasteiger partial charge in [0.15, 0.2) is 0 Å². The molecule has 1 amide bonds. The van der Waals surface area contributed by atoms with Crippen LogP contribution in [0.1, 0.15) is 0 Å². The highest BCUT2D eigenvalue weighted by Crippen LogP contribution is 2.11. The first kappa shape index (κ1) is 14.4. The number of aromatic nitrogens is 1. The molecule has 0 aromatic carbocycles. The summed E-state index contributed by atoms with van der Waals surface area (Å²) in [4.78, 5) is 25.8. The van der Waals surface area contributed by atoms with Gasteiger partial charge in [-0.1, -0.05) is 0 Å². The van der Waals surface area contributed by atoms with Crippen molar-refractivity contribution in [2.24, 2.45) is 0 Å². The van der Waals surface area contributed by atoms with E-state index in [2.05, 4.69) is 4.98 Å². The van der Waals surface area contributed by atoms with Crippen molar-refractivity contribution in [1.29, 1.82) is 0 Å². The Bertz CT molecular complexity index is 571. The molecule has 0 spiro atoms. The predicted octanol–water partition coefficient (Wildman–Crippen LogP) is -0.916. The molecule has 0 aliphatic heterocycles. The first-order valence-corrected chi connectivity index (χ1v) is 6.54. The van der Waals surface area contributed by atoms with E-state index in [-0.39, 0.29) is 22.9 Å². The maximum absolute atomic E-state index is 12.0. The van der Waals surface area contributed by atoms with E-state index >= 15 is 0 Å². The molecule has 0 saturated carbocycles. The van der Waals surface area contributed by atoms with Crippen molar-refractivity contribution in [2.45, 2.75) is 4.90 Å². The molecule has 1 N–H and O–H groups in total. The summed E-state index contributed by atoms with van der Waals surface area (Å²) in [6.45, 7) is -0.255. The van der Waals surface area contributed by atoms with Crippen LogP contribution in [-0.4, -0.2) is 56.2 Å². The molecule has 0 aliphatic carbocycles. The number of carbonyl (C=O) groups is 1. The zero-order valence-electron chi connectivity index (χ0n) is 10.4. The Morgan fingerprint density at radius 3 is 2.33 bits per heavy atom. The van der Waals surface area contributed by atoms with Gasteiger partial charge in [0, 0.05) is 33.4 Å². The van der Waals surface area contributed by atoms with Gasteiger partial charge >= 0.3 is 0 Å². The smallest absolute Gasteiger partial charge is 0.247 e. The molecule has 1 aromatic rings. The molecule has 1 rings (SSSR count). The Morgan fingerprint density at radius 1 is 1.28 bits per heavy atom. The predicted molar refractivity (Wildman–Crippen MR) is 65.6 cm³/mol. The SMILES string of the molecule is CN(C)C(=O)CN(C)S(=O)(=O)c1ccc(=O)[nH]c1. The van der Waals surface area contributed by atoms with Crippen LogP contribution in [0.4, 0.5) is 0 Å². The molecule has 0 radical (unpaired) electrons. The van der Waals surface area contributed by atoms with Gasteiger partial charge < -0.3 is 9.88 Å². The van der Waals surface area contributed by atoms with Crippen molar-refractivity contribution < 1.29 is 13.2 Å². The van der Waals surface area contributed by atoms with Crippen molar-refractivity contribution in [3.05, 3.63) is 28.7 Å². The van der Waals surface area contributed by atoms with Crippen LogP contribution in [0.15, 0.2) is 28.0 Å². The summed E-state index contributed by atoms with van der Waals surface area (Å²) in [5.74, 6) is -0.328. The number of H-pyrrole nitrogens is 1. The van der Waals surface area contributed by atoms with Gasteiger partial charge in [-0.25, -0.2) is 8.42 Å². The number of aromatic amines is 1. The maximum Gasteiger partial charge on any atom is 0.247 e. The van der Waals surface area contributed by atoms with E-state index in [1.165, 1.54) is 18.0 Å². The Balaban J connectivity index is 2.96. The summed E-state index contributed by atoms with van der Waals surface area (Å²) >= 11 is 0. The van der Waals surface area contributed by atoms with E-state index in [4.69, 9.17) is 0 Å². The lowest BCUT2D eigenvalue weighted by atomic mass is 10.5. The molecule has 0 atom stereocenters. The number of likely N-dealkylation sites (N-methyl/N-ethyl adjacent to an activating group) is 2. The molecule has 0 saturated heterocycles. The van der Waals surface area contributed by atoms with Gasteiger partial charge in [0.2, 0.25) is 21.5 Å². The molecule has 18 heavy (non-hydrogen) atoms. The number of nitrogens with one attached hydrogen (secondary N) is 1. The first-order chi connectivity index (χ1) is 8.25. The van der Waals surface area contributed by atoms with Gasteiger partial charge in [-0.3, -0.25) is 9.59 Å². The van der Waals surface area contributed by atoms with Gasteiger partial charge in [0.1, 0.15) is 0 Å². The highest BCUT2D eigenvalue weighted by Gasteiger charge is 2.23. The quantitative estimate of drug-likeness (QED) is 0.768. The fourth-order valence-corrected chi connectivity index (χ4v) is 2.24. The van der Waals surface area contributed by atoms with Gasteiger partial charge in [-0.2, -0.15) is 4.31 Å². The number of carbonyl (C=O) groups excluding carboxylic acids is 1. The number of hydrogen-bond acceptors (Lipinski definition) is 4. The van der Waals surface area contributed by atoms with Gasteiger partial charge in [-0.15, -0.1) is 0 Å². The summed E-state index contributed by atoms with van der Waals surface area (Å²) in [5, 5.41) is 0. The second-order valence-electron chi connectivity index (χ2n) is 3.94. The molecule has 0 unspecified atom stereocenters. The van der Waals surface area contributed by atoms with Crippen LogP contribution in [0.5, 0.6) is 0 Å². The highest BCUT2D eigenvalue weighted by molar-refractivity contribution is 7.89. The van der Waals surface area contributed by atoms with Crippen LogP contribution >= 0.6 is 0 Å². The maximum atomic E-state index is 12.0. The molecule has 100 valence electrons. The Hall–Kier alpha value is -1.67. The van der Waals surface area contributed by atoms with E-state index in [1.54, 1.807) is 14.1 Å². The average Bonchev–Trinajstić information content (AvgIpc) is 2.29. The fraction of sp³-hybridized carbons (Fsp3) is 0.400. The lowest BCUT2D eigenvalue weighted by Gasteiger charge is -2.18. The molecule has 1 heterocycles. The van der Waals surface area contributed by atoms with E-state index in [0.717, 1.165) is 16.6 Å². The third-order valence-electron chi connectivity index (χ3n) is 2.32. The first-order valence-electron chi connectivity index (χ1n) is 5.10. The topological polar surface area (TPSA) is 90.6 Å². The highest BCUT2D eigenvalue weighted by atomic mass is 32.2. The standard InChI is InChI=1S/C10H15N3O4S/c1-12(2)10(15)7-13(3)18(16,17)8-4-5-9(14)11-6-8/h4-6H,7H2,1-3H3,(H,11,14). The summed E-state index contributed by atoms with van der Waals surface area (Å²) in [7, 11) is 0.628. The van der Waals surface area contributed by atoms with Crippen LogP contribution in [-0.2, 0) is 14.8 Å². The van der Waals surface area contributed by atoms with Crippen LogP contribution < -0.4 is 5.56 Å². The van der Waals surface area contributed by atoms with Gasteiger partial charge in [0.05, 0.1) is 11.4 Å². The second kappa shape index (κ2) is 5.32. The van der Waals surface area contributed by atoms with Crippen molar-refractivity contribution in [3.8, 4) is 0 Å². The van der Waals surface area contributed by atoms with Crippen LogP contribution in [0.2, 0.25) is 0 Å². The molecule has 0 bridgehead atoms. The number of rotatable bonds is 4. The van der Waals surface area contributed by atoms with Crippen LogP contribution in [0, 0.1) is 0 Å². The minimum absolute atomic E-state index is 0.0591. The zero-order chi connectivity index (χ0) is 13.9. The minimum Gasteiger partial charge on any atom is -0.348 e. The molecular formula is C10H15N3O4S. The Kier molecular flexibility index (Phi) is 4.25. The van der Waals surface area contributed by atoms with Crippen LogP contribution in [0.3, 0.4) is 0 Å². The third kappa shape index (κ3) is 3.17. The fourth-order valence-electron chi connectivity index (χ4n) is 1.15. The van der Waals surface area contributed by atoms with E-state index in [0.29, 0.717) is 0 Å². The Labute approximate surface area is 105 Å². The molecular weight excluding hydrogens is 258 g/mol. The normalized spacial score (nSPS) is 11.6. The number of nitrogens with zero attached hydrogens (tertiary/aromatic N) is 2. The van der Waals surface area contributed by atoms with Crippen molar-refractivity contribution in [1.82, 2.24) is 14.2 Å². The average molecular weight is 273 g/mol. The number of hydrogen-bond donors (Lipinski definition) is 1. The minimum atomic E-state index is -3.77. The number of pyridine rings is 1. The van der Waals surface area contributed by atoms with E-state index in [1.807, 2.05) is 0 Å². The number of sulfonamides is 1. The summed E-state index contributed by atoms with van der Waals surface area (Å²) in [5.41, 5.74) is -0.388.